The Morgan fingerprint density at radius 2 is 1.63 bits per heavy atom. The predicted octanol–water partition coefficient (Wildman–Crippen LogP) is 6.69. The lowest BCUT2D eigenvalue weighted by atomic mass is 9.54. The van der Waals surface area contributed by atoms with Crippen molar-refractivity contribution in [1.29, 1.82) is 0 Å². The third kappa shape index (κ3) is 3.19. The Morgan fingerprint density at radius 1 is 1.00 bits per heavy atom. The van der Waals surface area contributed by atoms with E-state index in [0.29, 0.717) is 5.41 Å². The highest BCUT2D eigenvalue weighted by Gasteiger charge is 2.49. The maximum absolute atomic E-state index is 2.55. The van der Waals surface area contributed by atoms with E-state index in [9.17, 15) is 0 Å². The van der Waals surface area contributed by atoms with Crippen LogP contribution in [0.3, 0.4) is 0 Å². The standard InChI is InChI=1S/C19H38/c1-7-14-19(16(6)8-2,17(9-3)10-4)18-13-11-12-15(18)5/h15-18H,7-14H2,1-6H3. The first-order valence-corrected chi connectivity index (χ1v) is 9.08. The van der Waals surface area contributed by atoms with Crippen molar-refractivity contribution in [3.63, 3.8) is 0 Å². The highest BCUT2D eigenvalue weighted by Crippen LogP contribution is 2.57. The fourth-order valence-corrected chi connectivity index (χ4v) is 5.51. The summed E-state index contributed by atoms with van der Waals surface area (Å²) in [4.78, 5) is 0. The second-order valence-electron chi connectivity index (χ2n) is 7.20. The fraction of sp³-hybridized carbons (Fsp3) is 1.00. The van der Waals surface area contributed by atoms with E-state index in [-0.39, 0.29) is 0 Å². The van der Waals surface area contributed by atoms with Gasteiger partial charge in [-0.2, -0.15) is 0 Å². The van der Waals surface area contributed by atoms with Gasteiger partial charge in [0.2, 0.25) is 0 Å². The van der Waals surface area contributed by atoms with Crippen LogP contribution in [0.15, 0.2) is 0 Å². The maximum atomic E-state index is 2.55. The smallest absolute Gasteiger partial charge is 0.0213 e. The first-order chi connectivity index (χ1) is 9.08. The average Bonchev–Trinajstić information content (AvgIpc) is 2.84. The largest absolute Gasteiger partial charge is 0.0654 e. The molecule has 0 amide bonds. The molecule has 1 rings (SSSR count). The maximum Gasteiger partial charge on any atom is -0.0213 e. The van der Waals surface area contributed by atoms with Crippen LogP contribution in [0, 0.1) is 29.1 Å². The first-order valence-electron chi connectivity index (χ1n) is 9.08. The fourth-order valence-electron chi connectivity index (χ4n) is 5.51. The summed E-state index contributed by atoms with van der Waals surface area (Å²) in [7, 11) is 0. The van der Waals surface area contributed by atoms with E-state index in [2.05, 4.69) is 41.5 Å². The molecular weight excluding hydrogens is 228 g/mol. The van der Waals surface area contributed by atoms with Crippen LogP contribution in [0.4, 0.5) is 0 Å². The van der Waals surface area contributed by atoms with E-state index >= 15 is 0 Å². The van der Waals surface area contributed by atoms with Crippen LogP contribution in [0.5, 0.6) is 0 Å². The van der Waals surface area contributed by atoms with Gasteiger partial charge in [-0.1, -0.05) is 80.1 Å². The van der Waals surface area contributed by atoms with Crippen LogP contribution in [0.2, 0.25) is 0 Å². The lowest BCUT2D eigenvalue weighted by Crippen LogP contribution is -2.44. The van der Waals surface area contributed by atoms with Crippen LogP contribution in [0.25, 0.3) is 0 Å². The lowest BCUT2D eigenvalue weighted by molar-refractivity contribution is -0.0247. The van der Waals surface area contributed by atoms with Crippen molar-refractivity contribution in [3.8, 4) is 0 Å². The van der Waals surface area contributed by atoms with Crippen LogP contribution in [-0.2, 0) is 0 Å². The Kier molecular flexibility index (Phi) is 6.91. The van der Waals surface area contributed by atoms with Gasteiger partial charge in [0.1, 0.15) is 0 Å². The molecule has 1 aliphatic rings. The summed E-state index contributed by atoms with van der Waals surface area (Å²) in [5, 5.41) is 0. The van der Waals surface area contributed by atoms with Crippen molar-refractivity contribution in [2.75, 3.05) is 0 Å². The molecule has 0 heteroatoms. The van der Waals surface area contributed by atoms with Crippen LogP contribution >= 0.6 is 0 Å². The van der Waals surface area contributed by atoms with Crippen molar-refractivity contribution in [1.82, 2.24) is 0 Å². The molecular formula is C19H38. The third-order valence-electron chi connectivity index (χ3n) is 6.51. The molecule has 1 fully saturated rings. The summed E-state index contributed by atoms with van der Waals surface area (Å²) in [6.07, 6.45) is 11.4. The molecule has 0 heterocycles. The Bertz CT molecular complexity index is 240. The summed E-state index contributed by atoms with van der Waals surface area (Å²) in [5.74, 6) is 3.78. The topological polar surface area (TPSA) is 0 Å². The van der Waals surface area contributed by atoms with E-state index in [1.165, 1.54) is 51.4 Å². The van der Waals surface area contributed by atoms with E-state index in [4.69, 9.17) is 0 Å². The van der Waals surface area contributed by atoms with Crippen LogP contribution < -0.4 is 0 Å². The molecule has 0 radical (unpaired) electrons. The normalized spacial score (nSPS) is 28.6. The second kappa shape index (κ2) is 7.70. The van der Waals surface area contributed by atoms with Crippen LogP contribution in [0.1, 0.15) is 92.9 Å². The minimum absolute atomic E-state index is 0.628. The minimum Gasteiger partial charge on any atom is -0.0654 e. The molecule has 0 bridgehead atoms. The zero-order valence-corrected chi connectivity index (χ0v) is 14.5. The van der Waals surface area contributed by atoms with Gasteiger partial charge in [0.05, 0.1) is 0 Å². The Balaban J connectivity index is 3.16. The molecule has 1 aliphatic carbocycles. The summed E-state index contributed by atoms with van der Waals surface area (Å²) in [5.41, 5.74) is 0.628. The lowest BCUT2D eigenvalue weighted by Gasteiger charge is -2.51. The van der Waals surface area contributed by atoms with Crippen molar-refractivity contribution >= 4 is 0 Å². The molecule has 0 nitrogen and oxygen atoms in total. The van der Waals surface area contributed by atoms with Gasteiger partial charge in [-0.25, -0.2) is 0 Å². The quantitative estimate of drug-likeness (QED) is 0.459. The zero-order valence-electron chi connectivity index (χ0n) is 14.5. The van der Waals surface area contributed by atoms with Gasteiger partial charge >= 0.3 is 0 Å². The van der Waals surface area contributed by atoms with E-state index in [1.807, 2.05) is 0 Å². The van der Waals surface area contributed by atoms with Gasteiger partial charge in [-0.15, -0.1) is 0 Å². The third-order valence-corrected chi connectivity index (χ3v) is 6.51. The van der Waals surface area contributed by atoms with Gasteiger partial charge in [-0.05, 0) is 41.9 Å². The minimum atomic E-state index is 0.628. The Labute approximate surface area is 122 Å². The van der Waals surface area contributed by atoms with Gasteiger partial charge in [0.15, 0.2) is 0 Å². The average molecular weight is 267 g/mol. The molecule has 0 N–H and O–H groups in total. The van der Waals surface area contributed by atoms with E-state index in [0.717, 1.165) is 23.7 Å². The summed E-state index contributed by atoms with van der Waals surface area (Å²) < 4.78 is 0. The second-order valence-corrected chi connectivity index (χ2v) is 7.20. The highest BCUT2D eigenvalue weighted by molar-refractivity contribution is 4.98. The van der Waals surface area contributed by atoms with Crippen molar-refractivity contribution in [2.24, 2.45) is 29.1 Å². The molecule has 4 atom stereocenters. The number of hydrogen-bond donors (Lipinski definition) is 0. The first kappa shape index (κ1) is 17.1. The molecule has 0 aromatic heterocycles. The highest BCUT2D eigenvalue weighted by atomic mass is 14.5. The summed E-state index contributed by atoms with van der Waals surface area (Å²) in [6, 6.07) is 0. The molecule has 4 unspecified atom stereocenters. The Morgan fingerprint density at radius 3 is 2.00 bits per heavy atom. The van der Waals surface area contributed by atoms with Gasteiger partial charge in [-0.3, -0.25) is 0 Å². The molecule has 0 aromatic rings. The summed E-state index contributed by atoms with van der Waals surface area (Å²) in [6.45, 7) is 14.8. The van der Waals surface area contributed by atoms with Crippen LogP contribution in [-0.4, -0.2) is 0 Å². The monoisotopic (exact) mass is 266 g/mol. The molecule has 0 aliphatic heterocycles. The molecule has 114 valence electrons. The molecule has 1 saturated carbocycles. The Hall–Kier alpha value is 0. The molecule has 0 aromatic carbocycles. The number of rotatable bonds is 8. The van der Waals surface area contributed by atoms with Gasteiger partial charge in [0.25, 0.3) is 0 Å². The van der Waals surface area contributed by atoms with Gasteiger partial charge < -0.3 is 0 Å². The molecule has 19 heavy (non-hydrogen) atoms. The van der Waals surface area contributed by atoms with Crippen molar-refractivity contribution in [3.05, 3.63) is 0 Å². The van der Waals surface area contributed by atoms with E-state index < -0.39 is 0 Å². The number of hydrogen-bond acceptors (Lipinski definition) is 0. The van der Waals surface area contributed by atoms with E-state index in [1.54, 1.807) is 0 Å². The predicted molar refractivity (Wildman–Crippen MR) is 87.4 cm³/mol. The van der Waals surface area contributed by atoms with Crippen molar-refractivity contribution < 1.29 is 0 Å². The zero-order chi connectivity index (χ0) is 14.5. The SMILES string of the molecule is CCCC(C(C)CC)(C(CC)CC)C1CCCC1C. The molecule has 0 spiro atoms. The van der Waals surface area contributed by atoms with Crippen molar-refractivity contribution in [2.45, 2.75) is 92.9 Å². The summed E-state index contributed by atoms with van der Waals surface area (Å²) >= 11 is 0. The van der Waals surface area contributed by atoms with Gasteiger partial charge in [0, 0.05) is 0 Å². The molecule has 0 saturated heterocycles.